The Bertz CT molecular complexity index is 511. The first-order valence-electron chi connectivity index (χ1n) is 9.04. The van der Waals surface area contributed by atoms with E-state index in [1.54, 1.807) is 0 Å². The molecule has 2 heterocycles. The summed E-state index contributed by atoms with van der Waals surface area (Å²) in [5, 5.41) is 3.21. The van der Waals surface area contributed by atoms with Crippen molar-refractivity contribution in [2.24, 2.45) is 0 Å². The maximum atomic E-state index is 12.2. The summed E-state index contributed by atoms with van der Waals surface area (Å²) in [6.45, 7) is 7.34. The van der Waals surface area contributed by atoms with Crippen molar-refractivity contribution in [3.8, 4) is 0 Å². The number of piperazine rings is 1. The fourth-order valence-electron chi connectivity index (χ4n) is 3.66. The van der Waals surface area contributed by atoms with Crippen LogP contribution in [0.4, 0.5) is 5.95 Å². The molecule has 8 heteroatoms. The second-order valence-corrected chi connectivity index (χ2v) is 6.68. The molecule has 0 aromatic carbocycles. The fraction of sp³-hybridized carbons (Fsp3) is 0.765. The number of imidazole rings is 1. The van der Waals surface area contributed by atoms with Gasteiger partial charge >= 0.3 is 0 Å². The molecule has 144 valence electrons. The summed E-state index contributed by atoms with van der Waals surface area (Å²) < 4.78 is 2.17. The van der Waals surface area contributed by atoms with Crippen LogP contribution in [0.5, 0.6) is 0 Å². The van der Waals surface area contributed by atoms with Gasteiger partial charge in [0, 0.05) is 51.2 Å². The maximum absolute atomic E-state index is 12.2. The van der Waals surface area contributed by atoms with Crippen LogP contribution in [0.3, 0.4) is 0 Å². The molecule has 1 aliphatic heterocycles. The van der Waals surface area contributed by atoms with E-state index < -0.39 is 0 Å². The van der Waals surface area contributed by atoms with E-state index in [1.165, 1.54) is 19.3 Å². The van der Waals surface area contributed by atoms with E-state index in [-0.39, 0.29) is 30.7 Å². The average molecular weight is 392 g/mol. The van der Waals surface area contributed by atoms with Crippen molar-refractivity contribution >= 4 is 36.7 Å². The Morgan fingerprint density at radius 1 is 1.16 bits per heavy atom. The second kappa shape index (κ2) is 10.9. The molecule has 0 spiro atoms. The largest absolute Gasteiger partial charge is 0.352 e. The number of amides is 1. The van der Waals surface area contributed by atoms with Gasteiger partial charge in [0.15, 0.2) is 0 Å². The second-order valence-electron chi connectivity index (χ2n) is 6.68. The molecular formula is C17H31Cl2N5O. The number of nitrogens with one attached hydrogen (secondary N) is 1. The van der Waals surface area contributed by atoms with Crippen LogP contribution >= 0.6 is 24.8 Å². The molecular weight excluding hydrogens is 361 g/mol. The standard InChI is InChI=1S/C17H29N5O.2ClH/c1-2-21-9-8-18-17(21)22-12-10-20(11-13-22)14-16(23)19-15-6-4-3-5-7-15;;/h8-9,15H,2-7,10-14H2,1H3,(H,19,23);2*1H. The third-order valence-corrected chi connectivity index (χ3v) is 5.03. The van der Waals surface area contributed by atoms with Gasteiger partial charge in [-0.15, -0.1) is 24.8 Å². The van der Waals surface area contributed by atoms with Gasteiger partial charge in [0.05, 0.1) is 6.54 Å². The molecule has 1 N–H and O–H groups in total. The van der Waals surface area contributed by atoms with Gasteiger partial charge in [-0.05, 0) is 19.8 Å². The summed E-state index contributed by atoms with van der Waals surface area (Å²) in [7, 11) is 0. The smallest absolute Gasteiger partial charge is 0.234 e. The van der Waals surface area contributed by atoms with Crippen molar-refractivity contribution in [1.82, 2.24) is 19.8 Å². The van der Waals surface area contributed by atoms with Gasteiger partial charge in [-0.1, -0.05) is 19.3 Å². The molecule has 2 fully saturated rings. The van der Waals surface area contributed by atoms with Crippen LogP contribution in [0.1, 0.15) is 39.0 Å². The van der Waals surface area contributed by atoms with Crippen molar-refractivity contribution in [2.75, 3.05) is 37.6 Å². The average Bonchev–Trinajstić information content (AvgIpc) is 3.05. The Kier molecular flexibility index (Phi) is 9.61. The quantitative estimate of drug-likeness (QED) is 0.836. The third kappa shape index (κ3) is 6.04. The summed E-state index contributed by atoms with van der Waals surface area (Å²) in [5.74, 6) is 1.25. The molecule has 1 aromatic heterocycles. The van der Waals surface area contributed by atoms with Crippen LogP contribution in [0.25, 0.3) is 0 Å². The lowest BCUT2D eigenvalue weighted by atomic mass is 9.95. The van der Waals surface area contributed by atoms with E-state index in [2.05, 4.69) is 31.6 Å². The van der Waals surface area contributed by atoms with Crippen molar-refractivity contribution in [1.29, 1.82) is 0 Å². The summed E-state index contributed by atoms with van der Waals surface area (Å²) in [5.41, 5.74) is 0. The highest BCUT2D eigenvalue weighted by molar-refractivity contribution is 5.85. The molecule has 2 aliphatic rings. The van der Waals surface area contributed by atoms with Gasteiger partial charge in [-0.25, -0.2) is 4.98 Å². The van der Waals surface area contributed by atoms with Crippen molar-refractivity contribution in [2.45, 2.75) is 51.6 Å². The Morgan fingerprint density at radius 2 is 1.84 bits per heavy atom. The summed E-state index contributed by atoms with van der Waals surface area (Å²) in [6, 6.07) is 0.412. The van der Waals surface area contributed by atoms with Gasteiger partial charge < -0.3 is 14.8 Å². The van der Waals surface area contributed by atoms with Crippen molar-refractivity contribution < 1.29 is 4.79 Å². The first-order valence-corrected chi connectivity index (χ1v) is 9.04. The van der Waals surface area contributed by atoms with E-state index >= 15 is 0 Å². The number of hydrogen-bond donors (Lipinski definition) is 1. The number of halogens is 2. The highest BCUT2D eigenvalue weighted by atomic mass is 35.5. The van der Waals surface area contributed by atoms with Crippen LogP contribution in [0, 0.1) is 0 Å². The van der Waals surface area contributed by atoms with Crippen LogP contribution < -0.4 is 10.2 Å². The summed E-state index contributed by atoms with van der Waals surface area (Å²) >= 11 is 0. The highest BCUT2D eigenvalue weighted by Gasteiger charge is 2.22. The number of nitrogens with zero attached hydrogens (tertiary/aromatic N) is 4. The van der Waals surface area contributed by atoms with E-state index in [1.807, 2.05) is 12.4 Å². The minimum atomic E-state index is 0. The Hall–Kier alpha value is -0.980. The lowest BCUT2D eigenvalue weighted by Crippen LogP contribution is -2.51. The monoisotopic (exact) mass is 391 g/mol. The van der Waals surface area contributed by atoms with E-state index in [4.69, 9.17) is 0 Å². The molecule has 3 rings (SSSR count). The molecule has 1 aromatic rings. The number of aryl methyl sites for hydroxylation is 1. The van der Waals surface area contributed by atoms with Gasteiger partial charge in [-0.2, -0.15) is 0 Å². The number of carbonyl (C=O) groups excluding carboxylic acids is 1. The summed E-state index contributed by atoms with van der Waals surface area (Å²) in [4.78, 5) is 21.2. The predicted octanol–water partition coefficient (Wildman–Crippen LogP) is 2.32. The van der Waals surface area contributed by atoms with Crippen molar-refractivity contribution in [3.63, 3.8) is 0 Å². The molecule has 25 heavy (non-hydrogen) atoms. The molecule has 6 nitrogen and oxygen atoms in total. The topological polar surface area (TPSA) is 53.4 Å². The zero-order chi connectivity index (χ0) is 16.1. The van der Waals surface area contributed by atoms with Crippen LogP contribution in [0.2, 0.25) is 0 Å². The minimum Gasteiger partial charge on any atom is -0.352 e. The molecule has 1 aliphatic carbocycles. The molecule has 1 saturated heterocycles. The lowest BCUT2D eigenvalue weighted by molar-refractivity contribution is -0.123. The SMILES string of the molecule is CCn1ccnc1N1CCN(CC(=O)NC2CCCCC2)CC1.Cl.Cl. The van der Waals surface area contributed by atoms with E-state index in [0.29, 0.717) is 12.6 Å². The van der Waals surface area contributed by atoms with Gasteiger partial charge in [0.1, 0.15) is 0 Å². The maximum Gasteiger partial charge on any atom is 0.234 e. The fourth-order valence-corrected chi connectivity index (χ4v) is 3.66. The van der Waals surface area contributed by atoms with E-state index in [9.17, 15) is 4.79 Å². The number of rotatable bonds is 5. The first-order chi connectivity index (χ1) is 11.3. The molecule has 0 atom stereocenters. The number of anilines is 1. The number of carbonyl (C=O) groups is 1. The molecule has 0 bridgehead atoms. The molecule has 0 unspecified atom stereocenters. The van der Waals surface area contributed by atoms with Crippen molar-refractivity contribution in [3.05, 3.63) is 12.4 Å². The molecule has 1 saturated carbocycles. The van der Waals surface area contributed by atoms with Crippen LogP contribution in [-0.4, -0.2) is 59.1 Å². The zero-order valence-corrected chi connectivity index (χ0v) is 16.7. The normalized spacial score (nSPS) is 19.0. The van der Waals surface area contributed by atoms with E-state index in [0.717, 1.165) is 51.5 Å². The molecule has 1 amide bonds. The lowest BCUT2D eigenvalue weighted by Gasteiger charge is -2.35. The zero-order valence-electron chi connectivity index (χ0n) is 15.0. The minimum absolute atomic E-state index is 0. The van der Waals surface area contributed by atoms with Gasteiger partial charge in [0.25, 0.3) is 0 Å². The predicted molar refractivity (Wildman–Crippen MR) is 106 cm³/mol. The summed E-state index contributed by atoms with van der Waals surface area (Å²) in [6.07, 6.45) is 10.0. The van der Waals surface area contributed by atoms with Gasteiger partial charge in [-0.3, -0.25) is 9.69 Å². The molecule has 0 radical (unpaired) electrons. The highest BCUT2D eigenvalue weighted by Crippen LogP contribution is 2.17. The Morgan fingerprint density at radius 3 is 2.48 bits per heavy atom. The Balaban J connectivity index is 0.00000156. The number of hydrogen-bond acceptors (Lipinski definition) is 4. The first kappa shape index (κ1) is 22.1. The van der Waals surface area contributed by atoms with Gasteiger partial charge in [0.2, 0.25) is 11.9 Å². The Labute approximate surface area is 163 Å². The van der Waals surface area contributed by atoms with Crippen LogP contribution in [-0.2, 0) is 11.3 Å². The number of aromatic nitrogens is 2. The third-order valence-electron chi connectivity index (χ3n) is 5.03. The van der Waals surface area contributed by atoms with Crippen LogP contribution in [0.15, 0.2) is 12.4 Å².